The van der Waals surface area contributed by atoms with Gasteiger partial charge >= 0.3 is 12.3 Å². The predicted octanol–water partition coefficient (Wildman–Crippen LogP) is -0.0412. The zero-order valence-electron chi connectivity index (χ0n) is 12.2. The molecule has 0 bridgehead atoms. The Labute approximate surface area is 126 Å². The summed E-state index contributed by atoms with van der Waals surface area (Å²) in [4.78, 5) is 22.5. The van der Waals surface area contributed by atoms with E-state index in [4.69, 9.17) is 21.2 Å². The molecule has 0 saturated heterocycles. The van der Waals surface area contributed by atoms with Crippen molar-refractivity contribution in [2.24, 2.45) is 33.7 Å². The number of carbonyl (C=O) groups is 2. The van der Waals surface area contributed by atoms with Crippen LogP contribution in [0.15, 0.2) is 10.2 Å². The van der Waals surface area contributed by atoms with Crippen molar-refractivity contribution in [3.05, 3.63) is 0 Å². The first-order chi connectivity index (χ1) is 10.5. The van der Waals surface area contributed by atoms with Crippen LogP contribution in [0.4, 0.5) is 9.59 Å². The second-order valence-corrected chi connectivity index (χ2v) is 4.91. The molecular formula is C12H18N4O6. The van der Waals surface area contributed by atoms with Gasteiger partial charge in [-0.2, -0.15) is 10.2 Å². The summed E-state index contributed by atoms with van der Waals surface area (Å²) >= 11 is 0. The number of fused-ring (bicyclic) bond motifs is 1. The molecule has 0 aliphatic heterocycles. The molecule has 4 unspecified atom stereocenters. The zero-order chi connectivity index (χ0) is 16.3. The molecule has 2 aliphatic carbocycles. The fourth-order valence-electron chi connectivity index (χ4n) is 3.07. The number of hydrazone groups is 2. The Morgan fingerprint density at radius 3 is 1.55 bits per heavy atom. The van der Waals surface area contributed by atoms with Gasteiger partial charge in [-0.25, -0.2) is 9.59 Å². The molecule has 10 heteroatoms. The molecular weight excluding hydrogens is 296 g/mol. The van der Waals surface area contributed by atoms with Crippen molar-refractivity contribution in [1.29, 1.82) is 0 Å². The molecule has 2 saturated carbocycles. The van der Waals surface area contributed by atoms with E-state index in [-0.39, 0.29) is 11.8 Å². The molecule has 2 fully saturated rings. The summed E-state index contributed by atoms with van der Waals surface area (Å²) in [6.07, 6.45) is -2.06. The average Bonchev–Trinajstić information content (AvgIpc) is 3.00. The fourth-order valence-corrected chi connectivity index (χ4v) is 3.07. The van der Waals surface area contributed by atoms with Crippen molar-refractivity contribution in [3.63, 3.8) is 0 Å². The summed E-state index contributed by atoms with van der Waals surface area (Å²) in [5.74, 6) is 10.5. The second-order valence-electron chi connectivity index (χ2n) is 4.91. The van der Waals surface area contributed by atoms with E-state index < -0.39 is 24.5 Å². The number of rotatable bonds is 2. The first kappa shape index (κ1) is 15.9. The van der Waals surface area contributed by atoms with Gasteiger partial charge in [-0.15, -0.1) is 0 Å². The highest BCUT2D eigenvalue weighted by molar-refractivity contribution is 6.05. The van der Waals surface area contributed by atoms with Crippen molar-refractivity contribution in [2.45, 2.75) is 25.0 Å². The third-order valence-electron chi connectivity index (χ3n) is 3.95. The molecule has 0 aromatic rings. The molecule has 2 rings (SSSR count). The minimum absolute atomic E-state index is 0.170. The summed E-state index contributed by atoms with van der Waals surface area (Å²) in [6, 6.07) is 0. The van der Waals surface area contributed by atoms with Gasteiger partial charge in [0.25, 0.3) is 0 Å². The maximum absolute atomic E-state index is 11.3. The largest absolute Gasteiger partial charge is 0.508 e. The van der Waals surface area contributed by atoms with E-state index in [1.54, 1.807) is 0 Å². The van der Waals surface area contributed by atoms with Gasteiger partial charge in [-0.3, -0.25) is 0 Å². The molecule has 0 radical (unpaired) electrons. The molecule has 22 heavy (non-hydrogen) atoms. The number of nitrogens with zero attached hydrogens (tertiary/aromatic N) is 2. The lowest BCUT2D eigenvalue weighted by Gasteiger charge is -2.17. The molecule has 0 heterocycles. The van der Waals surface area contributed by atoms with E-state index in [9.17, 15) is 9.59 Å². The molecule has 0 amide bonds. The van der Waals surface area contributed by atoms with Crippen molar-refractivity contribution in [3.8, 4) is 0 Å². The normalized spacial score (nSPS) is 33.5. The molecule has 0 spiro atoms. The predicted molar refractivity (Wildman–Crippen MR) is 74.0 cm³/mol. The molecule has 0 aromatic carbocycles. The van der Waals surface area contributed by atoms with Gasteiger partial charge in [0.05, 0.1) is 25.6 Å². The lowest BCUT2D eigenvalue weighted by Crippen LogP contribution is -2.30. The minimum Gasteiger partial charge on any atom is -0.438 e. The number of carbonyl (C=O) groups excluding carboxylic acids is 2. The van der Waals surface area contributed by atoms with Crippen LogP contribution in [0.1, 0.15) is 12.8 Å². The standard InChI is InChI=1S/C12H18N4O6/c1-19-11(17)21-7-3-5-6(9(7)15-13)4-8(10(5)16-14)22-12(18)20-2/h5-8H,3-4,13-14H2,1-2H3/b15-9-,16-10-. The number of methoxy groups -OCH3 is 2. The van der Waals surface area contributed by atoms with E-state index in [2.05, 4.69) is 19.7 Å². The molecule has 2 aliphatic rings. The van der Waals surface area contributed by atoms with Crippen molar-refractivity contribution >= 4 is 23.7 Å². The second kappa shape index (κ2) is 6.50. The van der Waals surface area contributed by atoms with Crippen LogP contribution >= 0.6 is 0 Å². The van der Waals surface area contributed by atoms with Crippen LogP contribution in [-0.4, -0.2) is 50.2 Å². The van der Waals surface area contributed by atoms with Crippen LogP contribution in [-0.2, 0) is 18.9 Å². The molecule has 10 nitrogen and oxygen atoms in total. The molecule has 4 atom stereocenters. The van der Waals surface area contributed by atoms with Crippen LogP contribution in [0.3, 0.4) is 0 Å². The van der Waals surface area contributed by atoms with Gasteiger partial charge in [0.2, 0.25) is 0 Å². The number of nitrogens with two attached hydrogens (primary N) is 2. The lowest BCUT2D eigenvalue weighted by atomic mass is 9.99. The summed E-state index contributed by atoms with van der Waals surface area (Å²) in [7, 11) is 2.43. The number of ether oxygens (including phenoxy) is 4. The third kappa shape index (κ3) is 2.76. The summed E-state index contributed by atoms with van der Waals surface area (Å²) < 4.78 is 19.2. The number of hydrogen-bond acceptors (Lipinski definition) is 10. The minimum atomic E-state index is -0.820. The quantitative estimate of drug-likeness (QED) is 0.409. The van der Waals surface area contributed by atoms with Crippen molar-refractivity contribution < 1.29 is 28.5 Å². The van der Waals surface area contributed by atoms with Gasteiger partial charge < -0.3 is 30.6 Å². The summed E-state index contributed by atoms with van der Waals surface area (Å²) in [6.45, 7) is 0. The van der Waals surface area contributed by atoms with E-state index >= 15 is 0 Å². The van der Waals surface area contributed by atoms with Gasteiger partial charge in [-0.05, 0) is 12.8 Å². The van der Waals surface area contributed by atoms with Crippen molar-refractivity contribution in [1.82, 2.24) is 0 Å². The fraction of sp³-hybridized carbons (Fsp3) is 0.667. The highest BCUT2D eigenvalue weighted by Crippen LogP contribution is 2.43. The number of hydrogen-bond donors (Lipinski definition) is 2. The van der Waals surface area contributed by atoms with Crippen LogP contribution in [0.5, 0.6) is 0 Å². The van der Waals surface area contributed by atoms with Crippen molar-refractivity contribution in [2.75, 3.05) is 14.2 Å². The lowest BCUT2D eigenvalue weighted by molar-refractivity contribution is 0.0549. The average molecular weight is 314 g/mol. The highest BCUT2D eigenvalue weighted by Gasteiger charge is 2.53. The Bertz CT molecular complexity index is 474. The van der Waals surface area contributed by atoms with Crippen LogP contribution in [0, 0.1) is 11.8 Å². The van der Waals surface area contributed by atoms with Crippen LogP contribution in [0.25, 0.3) is 0 Å². The Morgan fingerprint density at radius 2 is 1.27 bits per heavy atom. The van der Waals surface area contributed by atoms with Gasteiger partial charge in [0.15, 0.2) is 0 Å². The van der Waals surface area contributed by atoms with Gasteiger partial charge in [0.1, 0.15) is 12.2 Å². The maximum atomic E-state index is 11.3. The maximum Gasteiger partial charge on any atom is 0.508 e. The van der Waals surface area contributed by atoms with E-state index in [0.717, 1.165) is 0 Å². The zero-order valence-corrected chi connectivity index (χ0v) is 12.2. The Morgan fingerprint density at radius 1 is 0.909 bits per heavy atom. The molecule has 122 valence electrons. The third-order valence-corrected chi connectivity index (χ3v) is 3.95. The van der Waals surface area contributed by atoms with E-state index in [0.29, 0.717) is 24.3 Å². The van der Waals surface area contributed by atoms with E-state index in [1.165, 1.54) is 14.2 Å². The summed E-state index contributed by atoms with van der Waals surface area (Å²) in [5, 5.41) is 7.44. The molecule has 4 N–H and O–H groups in total. The van der Waals surface area contributed by atoms with Crippen LogP contribution < -0.4 is 11.7 Å². The van der Waals surface area contributed by atoms with Crippen LogP contribution in [0.2, 0.25) is 0 Å². The first-order valence-corrected chi connectivity index (χ1v) is 6.60. The Hall–Kier alpha value is -2.52. The smallest absolute Gasteiger partial charge is 0.438 e. The summed E-state index contributed by atoms with van der Waals surface area (Å²) in [5.41, 5.74) is 0.986. The highest BCUT2D eigenvalue weighted by atomic mass is 16.7. The Balaban J connectivity index is 2.15. The topological polar surface area (TPSA) is 148 Å². The molecule has 0 aromatic heterocycles. The monoisotopic (exact) mass is 314 g/mol. The Kier molecular flexibility index (Phi) is 4.68. The van der Waals surface area contributed by atoms with E-state index in [1.807, 2.05) is 0 Å². The van der Waals surface area contributed by atoms with Gasteiger partial charge in [0, 0.05) is 11.8 Å². The SMILES string of the molecule is COC(=O)OC1CC2/C(=N/N)C(OC(=O)OC)CC2/C1=N/N. The van der Waals surface area contributed by atoms with Gasteiger partial charge in [-0.1, -0.05) is 0 Å². The first-order valence-electron chi connectivity index (χ1n) is 6.60.